The highest BCUT2D eigenvalue weighted by atomic mass is 79.9. The molecule has 0 bridgehead atoms. The van der Waals surface area contributed by atoms with Crippen LogP contribution in [0.3, 0.4) is 0 Å². The topological polar surface area (TPSA) is 9.23 Å². The number of methoxy groups -OCH3 is 1. The van der Waals surface area contributed by atoms with E-state index in [-0.39, 0.29) is 0 Å². The van der Waals surface area contributed by atoms with Gasteiger partial charge in [0, 0.05) is 9.30 Å². The van der Waals surface area contributed by atoms with Crippen LogP contribution < -0.4 is 4.74 Å². The maximum atomic E-state index is 5.35. The molecule has 1 aromatic carbocycles. The van der Waals surface area contributed by atoms with Crippen LogP contribution in [0.15, 0.2) is 22.7 Å². The van der Waals surface area contributed by atoms with Gasteiger partial charge >= 0.3 is 0 Å². The van der Waals surface area contributed by atoms with Crippen molar-refractivity contribution in [2.24, 2.45) is 0 Å². The molecule has 0 saturated heterocycles. The van der Waals surface area contributed by atoms with E-state index < -0.39 is 0 Å². The van der Waals surface area contributed by atoms with Gasteiger partial charge in [-0.05, 0) is 49.4 Å². The average Bonchev–Trinajstić information content (AvgIpc) is 2.29. The standard InChI is InChI=1S/C13H18Br2O/c1-3-11(14)6-4-5-10-9-12(15)7-8-13(10)16-2/h7-9,11H,3-6H2,1-2H3. The summed E-state index contributed by atoms with van der Waals surface area (Å²) < 4.78 is 6.47. The molecule has 0 spiro atoms. The molecule has 3 heteroatoms. The lowest BCUT2D eigenvalue weighted by atomic mass is 10.1. The third-order valence-corrected chi connectivity index (χ3v) is 4.25. The van der Waals surface area contributed by atoms with Crippen LogP contribution >= 0.6 is 31.9 Å². The summed E-state index contributed by atoms with van der Waals surface area (Å²) in [4.78, 5) is 0.644. The number of aryl methyl sites for hydroxylation is 1. The second-order valence-electron chi connectivity index (χ2n) is 3.85. The van der Waals surface area contributed by atoms with Crippen LogP contribution in [-0.2, 0) is 6.42 Å². The first-order valence-electron chi connectivity index (χ1n) is 5.63. The van der Waals surface area contributed by atoms with Crippen molar-refractivity contribution in [2.75, 3.05) is 7.11 Å². The predicted octanol–water partition coefficient (Wildman–Crippen LogP) is 4.95. The Morgan fingerprint density at radius 3 is 2.75 bits per heavy atom. The van der Waals surface area contributed by atoms with E-state index >= 15 is 0 Å². The molecule has 0 aliphatic carbocycles. The molecule has 0 heterocycles. The van der Waals surface area contributed by atoms with Gasteiger partial charge in [-0.2, -0.15) is 0 Å². The zero-order valence-electron chi connectivity index (χ0n) is 9.80. The van der Waals surface area contributed by atoms with Gasteiger partial charge in [0.15, 0.2) is 0 Å². The van der Waals surface area contributed by atoms with Crippen LogP contribution in [0.5, 0.6) is 5.75 Å². The minimum atomic E-state index is 0.644. The van der Waals surface area contributed by atoms with Gasteiger partial charge in [-0.25, -0.2) is 0 Å². The van der Waals surface area contributed by atoms with Gasteiger partial charge in [0.1, 0.15) is 5.75 Å². The fraction of sp³-hybridized carbons (Fsp3) is 0.538. The number of hydrogen-bond acceptors (Lipinski definition) is 1. The molecule has 0 aliphatic heterocycles. The first-order chi connectivity index (χ1) is 7.67. The lowest BCUT2D eigenvalue weighted by molar-refractivity contribution is 0.408. The van der Waals surface area contributed by atoms with Gasteiger partial charge in [-0.1, -0.05) is 38.8 Å². The molecule has 0 amide bonds. The number of halogens is 2. The summed E-state index contributed by atoms with van der Waals surface area (Å²) in [7, 11) is 1.73. The zero-order valence-corrected chi connectivity index (χ0v) is 13.0. The Hall–Kier alpha value is -0.0200. The second-order valence-corrected chi connectivity index (χ2v) is 6.06. The number of hydrogen-bond donors (Lipinski definition) is 0. The Bertz CT molecular complexity index is 326. The van der Waals surface area contributed by atoms with Gasteiger partial charge in [0.05, 0.1) is 7.11 Å². The number of rotatable bonds is 6. The van der Waals surface area contributed by atoms with E-state index in [0.717, 1.165) is 16.6 Å². The highest BCUT2D eigenvalue weighted by Gasteiger charge is 2.05. The van der Waals surface area contributed by atoms with Crippen molar-refractivity contribution in [1.29, 1.82) is 0 Å². The summed E-state index contributed by atoms with van der Waals surface area (Å²) in [6.45, 7) is 2.21. The second kappa shape index (κ2) is 7.33. The van der Waals surface area contributed by atoms with Crippen molar-refractivity contribution in [3.05, 3.63) is 28.2 Å². The normalized spacial score (nSPS) is 12.5. The van der Waals surface area contributed by atoms with E-state index in [2.05, 4.69) is 44.8 Å². The van der Waals surface area contributed by atoms with E-state index in [1.54, 1.807) is 7.11 Å². The molecule has 0 fully saturated rings. The molecule has 1 unspecified atom stereocenters. The molecule has 90 valence electrons. The number of ether oxygens (including phenoxy) is 1. The van der Waals surface area contributed by atoms with E-state index in [1.807, 2.05) is 12.1 Å². The first kappa shape index (κ1) is 14.0. The number of benzene rings is 1. The van der Waals surface area contributed by atoms with Gasteiger partial charge in [-0.15, -0.1) is 0 Å². The lowest BCUT2D eigenvalue weighted by Crippen LogP contribution is -1.98. The Balaban J connectivity index is 2.55. The third kappa shape index (κ3) is 4.46. The summed E-state index contributed by atoms with van der Waals surface area (Å²) >= 11 is 7.16. The first-order valence-corrected chi connectivity index (χ1v) is 7.34. The Morgan fingerprint density at radius 1 is 1.38 bits per heavy atom. The maximum Gasteiger partial charge on any atom is 0.122 e. The molecule has 0 saturated carbocycles. The minimum Gasteiger partial charge on any atom is -0.496 e. The summed E-state index contributed by atoms with van der Waals surface area (Å²) in [6.07, 6.45) is 4.67. The molecule has 1 atom stereocenters. The van der Waals surface area contributed by atoms with Crippen molar-refractivity contribution in [2.45, 2.75) is 37.4 Å². The van der Waals surface area contributed by atoms with Gasteiger partial charge in [-0.3, -0.25) is 0 Å². The summed E-state index contributed by atoms with van der Waals surface area (Å²) in [6, 6.07) is 6.18. The monoisotopic (exact) mass is 348 g/mol. The van der Waals surface area contributed by atoms with Crippen molar-refractivity contribution in [3.63, 3.8) is 0 Å². The van der Waals surface area contributed by atoms with Gasteiger partial charge in [0.2, 0.25) is 0 Å². The molecule has 0 aliphatic rings. The van der Waals surface area contributed by atoms with Crippen molar-refractivity contribution in [1.82, 2.24) is 0 Å². The summed E-state index contributed by atoms with van der Waals surface area (Å²) in [5.41, 5.74) is 1.28. The van der Waals surface area contributed by atoms with Crippen LogP contribution in [0, 0.1) is 0 Å². The van der Waals surface area contributed by atoms with Crippen LogP contribution in [-0.4, -0.2) is 11.9 Å². The largest absolute Gasteiger partial charge is 0.496 e. The molecule has 1 rings (SSSR count). The minimum absolute atomic E-state index is 0.644. The molecule has 1 aromatic rings. The average molecular weight is 350 g/mol. The number of alkyl halides is 1. The van der Waals surface area contributed by atoms with Crippen LogP contribution in [0.4, 0.5) is 0 Å². The Kier molecular flexibility index (Phi) is 6.44. The fourth-order valence-corrected chi connectivity index (χ4v) is 2.39. The van der Waals surface area contributed by atoms with Gasteiger partial charge in [0.25, 0.3) is 0 Å². The van der Waals surface area contributed by atoms with Crippen LogP contribution in [0.1, 0.15) is 31.7 Å². The molecule has 16 heavy (non-hydrogen) atoms. The maximum absolute atomic E-state index is 5.35. The summed E-state index contributed by atoms with van der Waals surface area (Å²) in [5.74, 6) is 0.992. The van der Waals surface area contributed by atoms with Crippen molar-refractivity contribution >= 4 is 31.9 Å². The molecule has 0 N–H and O–H groups in total. The molecule has 0 aromatic heterocycles. The Morgan fingerprint density at radius 2 is 2.12 bits per heavy atom. The Labute approximate surface area is 115 Å². The highest BCUT2D eigenvalue weighted by molar-refractivity contribution is 9.10. The fourth-order valence-electron chi connectivity index (χ4n) is 1.66. The van der Waals surface area contributed by atoms with Crippen molar-refractivity contribution in [3.8, 4) is 5.75 Å². The highest BCUT2D eigenvalue weighted by Crippen LogP contribution is 2.25. The molecule has 1 nitrogen and oxygen atoms in total. The lowest BCUT2D eigenvalue weighted by Gasteiger charge is -2.10. The van der Waals surface area contributed by atoms with Crippen molar-refractivity contribution < 1.29 is 4.74 Å². The smallest absolute Gasteiger partial charge is 0.122 e. The third-order valence-electron chi connectivity index (χ3n) is 2.65. The van der Waals surface area contributed by atoms with E-state index in [9.17, 15) is 0 Å². The molecular formula is C13H18Br2O. The van der Waals surface area contributed by atoms with E-state index in [0.29, 0.717) is 4.83 Å². The zero-order chi connectivity index (χ0) is 12.0. The van der Waals surface area contributed by atoms with E-state index in [1.165, 1.54) is 24.8 Å². The molecular weight excluding hydrogens is 332 g/mol. The van der Waals surface area contributed by atoms with Crippen LogP contribution in [0.2, 0.25) is 0 Å². The van der Waals surface area contributed by atoms with Crippen LogP contribution in [0.25, 0.3) is 0 Å². The summed E-state index contributed by atoms with van der Waals surface area (Å²) in [5, 5.41) is 0. The predicted molar refractivity (Wildman–Crippen MR) is 76.6 cm³/mol. The van der Waals surface area contributed by atoms with Gasteiger partial charge < -0.3 is 4.74 Å². The SMILES string of the molecule is CCC(Br)CCCc1cc(Br)ccc1OC. The quantitative estimate of drug-likeness (QED) is 0.660. The van der Waals surface area contributed by atoms with E-state index in [4.69, 9.17) is 4.74 Å². The molecule has 0 radical (unpaired) electrons.